The minimum Gasteiger partial charge on any atom is -0.480 e. The second-order valence-electron chi connectivity index (χ2n) is 4.08. The van der Waals surface area contributed by atoms with Gasteiger partial charge in [0.15, 0.2) is 0 Å². The zero-order valence-electron chi connectivity index (χ0n) is 11.4. The highest BCUT2D eigenvalue weighted by Gasteiger charge is 2.24. The average molecular weight is 362 g/mol. The smallest absolute Gasteiger partial charge is 0.342 e. The first-order chi connectivity index (χ1) is 9.54. The van der Waals surface area contributed by atoms with Crippen molar-refractivity contribution in [3.05, 3.63) is 22.3 Å². The number of nitrogens with zero attached hydrogens (tertiary/aromatic N) is 2. The lowest BCUT2D eigenvalue weighted by molar-refractivity contribution is 0.0527. The summed E-state index contributed by atoms with van der Waals surface area (Å²) in [5.41, 5.74) is 2.52. The Labute approximate surface area is 130 Å². The van der Waals surface area contributed by atoms with E-state index in [1.165, 1.54) is 7.11 Å². The summed E-state index contributed by atoms with van der Waals surface area (Å²) in [6, 6.07) is 1.73. The molecular formula is C13H14BrClN2O3. The highest BCUT2D eigenvalue weighted by atomic mass is 79.9. The van der Waals surface area contributed by atoms with Gasteiger partial charge in [0.2, 0.25) is 5.88 Å². The molecule has 0 aliphatic heterocycles. The van der Waals surface area contributed by atoms with Gasteiger partial charge in [0, 0.05) is 18.1 Å². The van der Waals surface area contributed by atoms with Crippen molar-refractivity contribution in [1.82, 2.24) is 9.55 Å². The summed E-state index contributed by atoms with van der Waals surface area (Å²) in [4.78, 5) is 16.5. The van der Waals surface area contributed by atoms with Gasteiger partial charge in [-0.1, -0.05) is 27.5 Å². The lowest BCUT2D eigenvalue weighted by Gasteiger charge is -2.04. The number of rotatable bonds is 4. The zero-order chi connectivity index (χ0) is 14.9. The molecule has 2 rings (SSSR count). The maximum absolute atomic E-state index is 12.2. The number of alkyl halides is 1. The van der Waals surface area contributed by atoms with Gasteiger partial charge < -0.3 is 14.0 Å². The first kappa shape index (κ1) is 15.1. The van der Waals surface area contributed by atoms with E-state index in [0.29, 0.717) is 28.0 Å². The highest BCUT2D eigenvalue weighted by Crippen LogP contribution is 2.32. The maximum Gasteiger partial charge on any atom is 0.342 e. The number of ether oxygens (including phenoxy) is 2. The van der Waals surface area contributed by atoms with Crippen LogP contribution < -0.4 is 4.74 Å². The summed E-state index contributed by atoms with van der Waals surface area (Å²) in [6.45, 7) is 2.07. The number of carbonyl (C=O) groups excluding carboxylic acids is 1. The van der Waals surface area contributed by atoms with Crippen LogP contribution in [0.1, 0.15) is 23.0 Å². The maximum atomic E-state index is 12.2. The summed E-state index contributed by atoms with van der Waals surface area (Å²) >= 11 is 9.48. The van der Waals surface area contributed by atoms with Crippen LogP contribution in [-0.2, 0) is 17.1 Å². The topological polar surface area (TPSA) is 53.4 Å². The number of methoxy groups -OCH3 is 1. The number of pyridine rings is 1. The summed E-state index contributed by atoms with van der Waals surface area (Å²) < 4.78 is 12.1. The van der Waals surface area contributed by atoms with Crippen LogP contribution in [-0.4, -0.2) is 29.2 Å². The van der Waals surface area contributed by atoms with Crippen LogP contribution in [0.4, 0.5) is 0 Å². The third kappa shape index (κ3) is 2.38. The van der Waals surface area contributed by atoms with Crippen LogP contribution in [0.15, 0.2) is 6.07 Å². The molecule has 0 saturated carbocycles. The number of hydrogen-bond acceptors (Lipinski definition) is 4. The van der Waals surface area contributed by atoms with Crippen molar-refractivity contribution in [3.63, 3.8) is 0 Å². The van der Waals surface area contributed by atoms with Crippen molar-refractivity contribution in [1.29, 1.82) is 0 Å². The van der Waals surface area contributed by atoms with Gasteiger partial charge in [-0.05, 0) is 13.0 Å². The van der Waals surface area contributed by atoms with Crippen LogP contribution in [0.3, 0.4) is 0 Å². The fourth-order valence-corrected chi connectivity index (χ4v) is 2.95. The van der Waals surface area contributed by atoms with Gasteiger partial charge in [-0.3, -0.25) is 0 Å². The molecule has 0 saturated heterocycles. The fraction of sp³-hybridized carbons (Fsp3) is 0.385. The minimum atomic E-state index is -0.399. The number of esters is 1. The summed E-state index contributed by atoms with van der Waals surface area (Å²) in [5, 5.41) is 0.908. The molecule has 0 atom stereocenters. The molecule has 2 aromatic heterocycles. The second kappa shape index (κ2) is 6.01. The van der Waals surface area contributed by atoms with Crippen LogP contribution in [0, 0.1) is 0 Å². The predicted molar refractivity (Wildman–Crippen MR) is 80.9 cm³/mol. The fourth-order valence-electron chi connectivity index (χ4n) is 2.07. The number of fused-ring (bicyclic) bond motifs is 1. The van der Waals surface area contributed by atoms with Crippen LogP contribution in [0.5, 0.6) is 5.88 Å². The molecule has 0 N–H and O–H groups in total. The third-order valence-corrected chi connectivity index (χ3v) is 3.82. The number of aryl methyl sites for hydroxylation is 1. The van der Waals surface area contributed by atoms with Gasteiger partial charge in [-0.2, -0.15) is 0 Å². The van der Waals surface area contributed by atoms with E-state index in [-0.39, 0.29) is 5.88 Å². The summed E-state index contributed by atoms with van der Waals surface area (Å²) in [5.74, 6) is -0.110. The van der Waals surface area contributed by atoms with Gasteiger partial charge in [0.05, 0.1) is 19.2 Å². The second-order valence-corrected chi connectivity index (χ2v) is 5.05. The predicted octanol–water partition coefficient (Wildman–Crippen LogP) is 3.31. The van der Waals surface area contributed by atoms with E-state index in [9.17, 15) is 4.79 Å². The number of halogens is 2. The standard InChI is InChI=1S/C13H14BrClN2O3/c1-4-20-13(18)10-9(6-14)17(2)8-5-7(15)12(19-3)16-11(8)10/h5H,4,6H2,1-3H3. The molecule has 0 fully saturated rings. The van der Waals surface area contributed by atoms with Gasteiger partial charge >= 0.3 is 5.97 Å². The molecule has 2 heterocycles. The zero-order valence-corrected chi connectivity index (χ0v) is 13.7. The van der Waals surface area contributed by atoms with E-state index in [1.54, 1.807) is 13.0 Å². The molecular weight excluding hydrogens is 348 g/mol. The lowest BCUT2D eigenvalue weighted by Crippen LogP contribution is -2.08. The van der Waals surface area contributed by atoms with E-state index in [4.69, 9.17) is 21.1 Å². The van der Waals surface area contributed by atoms with Crippen molar-refractivity contribution in [2.75, 3.05) is 13.7 Å². The average Bonchev–Trinajstić information content (AvgIpc) is 2.70. The Morgan fingerprint density at radius 2 is 2.25 bits per heavy atom. The molecule has 0 aliphatic rings. The van der Waals surface area contributed by atoms with E-state index in [0.717, 1.165) is 11.2 Å². The van der Waals surface area contributed by atoms with E-state index in [2.05, 4.69) is 20.9 Å². The van der Waals surface area contributed by atoms with E-state index < -0.39 is 5.97 Å². The van der Waals surface area contributed by atoms with E-state index >= 15 is 0 Å². The Hall–Kier alpha value is -1.27. The molecule has 0 unspecified atom stereocenters. The largest absolute Gasteiger partial charge is 0.480 e. The van der Waals surface area contributed by atoms with Crippen molar-refractivity contribution in [2.24, 2.45) is 7.05 Å². The van der Waals surface area contributed by atoms with Crippen molar-refractivity contribution in [2.45, 2.75) is 12.3 Å². The van der Waals surface area contributed by atoms with Gasteiger partial charge in [-0.15, -0.1) is 0 Å². The monoisotopic (exact) mass is 360 g/mol. The van der Waals surface area contributed by atoms with Gasteiger partial charge in [-0.25, -0.2) is 9.78 Å². The van der Waals surface area contributed by atoms with Crippen molar-refractivity contribution < 1.29 is 14.3 Å². The number of hydrogen-bond donors (Lipinski definition) is 0. The molecule has 7 heteroatoms. The quantitative estimate of drug-likeness (QED) is 0.619. The number of aromatic nitrogens is 2. The van der Waals surface area contributed by atoms with Gasteiger partial charge in [0.1, 0.15) is 16.1 Å². The molecule has 2 aromatic rings. The Balaban J connectivity index is 2.79. The van der Waals surface area contributed by atoms with Crippen LogP contribution in [0.2, 0.25) is 5.02 Å². The van der Waals surface area contributed by atoms with Gasteiger partial charge in [0.25, 0.3) is 0 Å². The Morgan fingerprint density at radius 3 is 2.80 bits per heavy atom. The minimum absolute atomic E-state index is 0.288. The number of carbonyl (C=O) groups is 1. The van der Waals surface area contributed by atoms with Crippen molar-refractivity contribution >= 4 is 44.5 Å². The molecule has 108 valence electrons. The third-order valence-electron chi connectivity index (χ3n) is 3.01. The van der Waals surface area contributed by atoms with Crippen LogP contribution in [0.25, 0.3) is 11.0 Å². The highest BCUT2D eigenvalue weighted by molar-refractivity contribution is 9.08. The molecule has 0 aliphatic carbocycles. The molecule has 0 amide bonds. The molecule has 0 radical (unpaired) electrons. The molecule has 20 heavy (non-hydrogen) atoms. The Kier molecular flexibility index (Phi) is 4.55. The summed E-state index contributed by atoms with van der Waals surface area (Å²) in [6.07, 6.45) is 0. The summed E-state index contributed by atoms with van der Waals surface area (Å²) in [7, 11) is 3.34. The molecule has 0 spiro atoms. The van der Waals surface area contributed by atoms with Crippen LogP contribution >= 0.6 is 27.5 Å². The molecule has 0 bridgehead atoms. The Morgan fingerprint density at radius 1 is 1.55 bits per heavy atom. The Bertz CT molecular complexity index is 669. The first-order valence-corrected chi connectivity index (χ1v) is 7.49. The SMILES string of the molecule is CCOC(=O)c1c(CBr)n(C)c2cc(Cl)c(OC)nc12. The molecule has 5 nitrogen and oxygen atoms in total. The van der Waals surface area contributed by atoms with E-state index in [1.807, 2.05) is 11.6 Å². The van der Waals surface area contributed by atoms with Crippen molar-refractivity contribution in [3.8, 4) is 5.88 Å². The normalized spacial score (nSPS) is 10.8. The first-order valence-electron chi connectivity index (χ1n) is 6.00. The lowest BCUT2D eigenvalue weighted by atomic mass is 10.2. The molecule has 0 aromatic carbocycles.